The molecule has 0 radical (unpaired) electrons. The minimum atomic E-state index is -1.04. The summed E-state index contributed by atoms with van der Waals surface area (Å²) in [5, 5.41) is 0. The zero-order valence-electron chi connectivity index (χ0n) is 17.9. The van der Waals surface area contributed by atoms with Crippen LogP contribution in [0.25, 0.3) is 0 Å². The van der Waals surface area contributed by atoms with Gasteiger partial charge >= 0.3 is 5.97 Å². The first kappa shape index (κ1) is 22.0. The lowest BCUT2D eigenvalue weighted by molar-refractivity contribution is -0.129. The van der Waals surface area contributed by atoms with Gasteiger partial charge < -0.3 is 4.74 Å². The summed E-state index contributed by atoms with van der Waals surface area (Å²) in [5.74, 6) is -2.86. The van der Waals surface area contributed by atoms with Crippen LogP contribution in [-0.4, -0.2) is 5.97 Å². The van der Waals surface area contributed by atoms with Gasteiger partial charge in [0.15, 0.2) is 11.6 Å². The molecule has 29 heavy (non-hydrogen) atoms. The number of hydrogen-bond donors (Lipinski definition) is 0. The van der Waals surface area contributed by atoms with Gasteiger partial charge in [-0.3, -0.25) is 0 Å². The second-order valence-corrected chi connectivity index (χ2v) is 9.09. The van der Waals surface area contributed by atoms with E-state index >= 15 is 0 Å². The number of fused-ring (bicyclic) bond motifs is 3. The number of unbranched alkanes of at least 4 members (excludes halogenated alkanes) is 3. The van der Waals surface area contributed by atoms with Gasteiger partial charge in [-0.25, -0.2) is 9.18 Å². The molecule has 2 bridgehead atoms. The summed E-state index contributed by atoms with van der Waals surface area (Å²) < 4.78 is 34.8. The lowest BCUT2D eigenvalue weighted by Gasteiger charge is -2.54. The van der Waals surface area contributed by atoms with Crippen LogP contribution in [-0.2, 0) is 10.2 Å². The minimum absolute atomic E-state index is 0.262. The number of allylic oxidation sites excluding steroid dienone is 1. The molecule has 4 heteroatoms. The summed E-state index contributed by atoms with van der Waals surface area (Å²) in [5.41, 5.74) is 0.627. The summed E-state index contributed by atoms with van der Waals surface area (Å²) in [6, 6.07) is 3.07. The van der Waals surface area contributed by atoms with E-state index in [1.54, 1.807) is 12.1 Å². The van der Waals surface area contributed by atoms with Crippen LogP contribution in [0.2, 0.25) is 0 Å². The molecule has 0 unspecified atom stereocenters. The zero-order valence-corrected chi connectivity index (χ0v) is 17.9. The van der Waals surface area contributed by atoms with Crippen molar-refractivity contribution >= 4 is 5.97 Å². The third-order valence-corrected chi connectivity index (χ3v) is 7.24. The number of hydrogen-bond acceptors (Lipinski definition) is 2. The van der Waals surface area contributed by atoms with Crippen LogP contribution in [0, 0.1) is 17.0 Å². The molecule has 3 fully saturated rings. The minimum Gasteiger partial charge on any atom is -0.420 e. The van der Waals surface area contributed by atoms with E-state index in [4.69, 9.17) is 4.74 Å². The Kier molecular flexibility index (Phi) is 7.13. The van der Waals surface area contributed by atoms with E-state index in [-0.39, 0.29) is 11.2 Å². The average molecular weight is 405 g/mol. The first-order valence-corrected chi connectivity index (χ1v) is 11.3. The van der Waals surface area contributed by atoms with Gasteiger partial charge in [0.05, 0.1) is 0 Å². The molecule has 2 nitrogen and oxygen atoms in total. The molecule has 3 aliphatic rings. The SMILES string of the molecule is CCCCCC=CC(=O)Oc1ccc(C23CCC(CCC)(CC2)CC3)c(F)c1F. The molecular weight excluding hydrogens is 370 g/mol. The van der Waals surface area contributed by atoms with Crippen LogP contribution in [0.15, 0.2) is 24.3 Å². The highest BCUT2D eigenvalue weighted by Gasteiger charge is 2.49. The fourth-order valence-corrected chi connectivity index (χ4v) is 5.43. The zero-order chi connectivity index (χ0) is 20.9. The Balaban J connectivity index is 1.68. The average Bonchev–Trinajstić information content (AvgIpc) is 2.73. The molecule has 0 amide bonds. The third-order valence-electron chi connectivity index (χ3n) is 7.24. The van der Waals surface area contributed by atoms with Crippen molar-refractivity contribution < 1.29 is 18.3 Å². The second-order valence-electron chi connectivity index (χ2n) is 9.09. The molecule has 3 saturated carbocycles. The number of esters is 1. The Morgan fingerprint density at radius 3 is 2.31 bits per heavy atom. The predicted molar refractivity (Wildman–Crippen MR) is 112 cm³/mol. The molecule has 0 N–H and O–H groups in total. The molecule has 0 spiro atoms. The van der Waals surface area contributed by atoms with E-state index in [2.05, 4.69) is 13.8 Å². The topological polar surface area (TPSA) is 26.3 Å². The van der Waals surface area contributed by atoms with Crippen molar-refractivity contribution in [3.8, 4) is 5.75 Å². The van der Waals surface area contributed by atoms with Gasteiger partial charge in [-0.2, -0.15) is 4.39 Å². The lowest BCUT2D eigenvalue weighted by atomic mass is 9.51. The molecule has 3 aliphatic carbocycles. The van der Waals surface area contributed by atoms with Gasteiger partial charge in [0.1, 0.15) is 0 Å². The van der Waals surface area contributed by atoms with Crippen molar-refractivity contribution in [1.29, 1.82) is 0 Å². The summed E-state index contributed by atoms with van der Waals surface area (Å²) in [6.07, 6.45) is 15.5. The van der Waals surface area contributed by atoms with Crippen molar-refractivity contribution in [2.45, 2.75) is 96.3 Å². The van der Waals surface area contributed by atoms with E-state index in [1.165, 1.54) is 25.0 Å². The summed E-state index contributed by atoms with van der Waals surface area (Å²) >= 11 is 0. The smallest absolute Gasteiger partial charge is 0.335 e. The maximum absolute atomic E-state index is 15.0. The van der Waals surface area contributed by atoms with Gasteiger partial charge in [-0.15, -0.1) is 0 Å². The van der Waals surface area contributed by atoms with E-state index in [9.17, 15) is 13.6 Å². The summed E-state index contributed by atoms with van der Waals surface area (Å²) in [7, 11) is 0. The van der Waals surface area contributed by atoms with Crippen LogP contribution in [0.4, 0.5) is 8.78 Å². The first-order chi connectivity index (χ1) is 14.0. The molecule has 0 aliphatic heterocycles. The first-order valence-electron chi connectivity index (χ1n) is 11.3. The van der Waals surface area contributed by atoms with E-state index in [0.29, 0.717) is 11.0 Å². The molecular formula is C25H34F2O2. The molecule has 1 aromatic rings. The van der Waals surface area contributed by atoms with Crippen LogP contribution in [0.3, 0.4) is 0 Å². The van der Waals surface area contributed by atoms with Crippen molar-refractivity contribution in [3.05, 3.63) is 41.5 Å². The van der Waals surface area contributed by atoms with Gasteiger partial charge in [0.25, 0.3) is 0 Å². The van der Waals surface area contributed by atoms with E-state index in [1.807, 2.05) is 0 Å². The molecule has 1 aromatic carbocycles. The summed E-state index contributed by atoms with van der Waals surface area (Å²) in [4.78, 5) is 11.9. The molecule has 0 heterocycles. The van der Waals surface area contributed by atoms with Crippen molar-refractivity contribution in [3.63, 3.8) is 0 Å². The number of carbonyl (C=O) groups is 1. The van der Waals surface area contributed by atoms with Crippen LogP contribution in [0.5, 0.6) is 5.75 Å². The Morgan fingerprint density at radius 2 is 1.69 bits per heavy atom. The van der Waals surface area contributed by atoms with Crippen molar-refractivity contribution in [2.24, 2.45) is 5.41 Å². The number of ether oxygens (including phenoxy) is 1. The number of rotatable bonds is 9. The Hall–Kier alpha value is -1.71. The van der Waals surface area contributed by atoms with Crippen LogP contribution in [0.1, 0.15) is 96.5 Å². The van der Waals surface area contributed by atoms with Gasteiger partial charge in [-0.05, 0) is 80.2 Å². The molecule has 160 valence electrons. The normalized spacial score (nSPS) is 26.2. The largest absolute Gasteiger partial charge is 0.420 e. The van der Waals surface area contributed by atoms with Gasteiger partial charge in [0.2, 0.25) is 5.82 Å². The molecule has 4 rings (SSSR count). The number of halogens is 2. The highest BCUT2D eigenvalue weighted by atomic mass is 19.2. The predicted octanol–water partition coefficient (Wildman–Crippen LogP) is 7.40. The maximum Gasteiger partial charge on any atom is 0.335 e. The van der Waals surface area contributed by atoms with Crippen LogP contribution < -0.4 is 4.74 Å². The monoisotopic (exact) mass is 404 g/mol. The van der Waals surface area contributed by atoms with Crippen molar-refractivity contribution in [2.75, 3.05) is 0 Å². The lowest BCUT2D eigenvalue weighted by Crippen LogP contribution is -2.44. The standard InChI is InChI=1S/C25H34F2O2/c1-3-5-6-7-8-9-21(28)29-20-11-10-19(22(26)23(20)27)25-16-13-24(12-4-2,14-17-25)15-18-25/h8-11H,3-7,12-18H2,1-2H3. The number of benzene rings is 1. The molecule has 0 saturated heterocycles. The van der Waals surface area contributed by atoms with Crippen LogP contribution >= 0.6 is 0 Å². The van der Waals surface area contributed by atoms with Gasteiger partial charge in [0, 0.05) is 6.08 Å². The fourth-order valence-electron chi connectivity index (χ4n) is 5.43. The highest BCUT2D eigenvalue weighted by Crippen LogP contribution is 2.59. The molecule has 0 atom stereocenters. The van der Waals surface area contributed by atoms with E-state index < -0.39 is 17.6 Å². The fraction of sp³-hybridized carbons (Fsp3) is 0.640. The van der Waals surface area contributed by atoms with Crippen molar-refractivity contribution in [1.82, 2.24) is 0 Å². The maximum atomic E-state index is 15.0. The Labute approximate surface area is 173 Å². The molecule has 0 aromatic heterocycles. The number of carbonyl (C=O) groups excluding carboxylic acids is 1. The summed E-state index contributed by atoms with van der Waals surface area (Å²) in [6.45, 7) is 4.33. The Morgan fingerprint density at radius 1 is 1.00 bits per heavy atom. The second kappa shape index (κ2) is 9.40. The van der Waals surface area contributed by atoms with Gasteiger partial charge in [-0.1, -0.05) is 45.3 Å². The van der Waals surface area contributed by atoms with E-state index in [0.717, 1.165) is 64.2 Å². The Bertz CT molecular complexity index is 729. The quantitative estimate of drug-likeness (QED) is 0.185. The third kappa shape index (κ3) is 4.73. The highest BCUT2D eigenvalue weighted by molar-refractivity contribution is 5.84.